The molecule has 0 spiro atoms. The summed E-state index contributed by atoms with van der Waals surface area (Å²) in [5.41, 5.74) is 2.38. The Labute approximate surface area is 117 Å². The van der Waals surface area contributed by atoms with Crippen LogP contribution in [-0.4, -0.2) is 26.8 Å². The second-order valence-corrected chi connectivity index (χ2v) is 5.69. The van der Waals surface area contributed by atoms with Crippen LogP contribution >= 0.6 is 15.9 Å². The number of ether oxygens (including phenoxy) is 2. The molecule has 1 aliphatic heterocycles. The summed E-state index contributed by atoms with van der Waals surface area (Å²) < 4.78 is 12.4. The van der Waals surface area contributed by atoms with Crippen LogP contribution in [0.4, 0.5) is 0 Å². The summed E-state index contributed by atoms with van der Waals surface area (Å²) in [7, 11) is 1.72. The third-order valence-corrected chi connectivity index (χ3v) is 3.93. The van der Waals surface area contributed by atoms with Gasteiger partial charge in [-0.2, -0.15) is 0 Å². The Bertz CT molecular complexity index is 415. The molecule has 1 aromatic rings. The molecule has 0 bridgehead atoms. The van der Waals surface area contributed by atoms with Crippen molar-refractivity contribution in [1.82, 2.24) is 5.32 Å². The standard InChI is InChI=1S/C14H20BrNO2/c1-9(2)10-7-13(17-3)11(6-12(10)15)14-8-16-4-5-18-14/h6-7,9,14,16H,4-5,8H2,1-3H3. The molecular formula is C14H20BrNO2. The highest BCUT2D eigenvalue weighted by Crippen LogP contribution is 2.36. The van der Waals surface area contributed by atoms with Crippen LogP contribution in [0, 0.1) is 0 Å². The molecular weight excluding hydrogens is 294 g/mol. The van der Waals surface area contributed by atoms with Gasteiger partial charge in [0, 0.05) is 23.1 Å². The molecule has 1 unspecified atom stereocenters. The van der Waals surface area contributed by atoms with Crippen LogP contribution in [0.15, 0.2) is 16.6 Å². The maximum atomic E-state index is 5.80. The summed E-state index contributed by atoms with van der Waals surface area (Å²) >= 11 is 3.65. The first-order chi connectivity index (χ1) is 8.63. The van der Waals surface area contributed by atoms with Gasteiger partial charge in [-0.3, -0.25) is 0 Å². The molecule has 0 aliphatic carbocycles. The fraction of sp³-hybridized carbons (Fsp3) is 0.571. The second kappa shape index (κ2) is 6.04. The maximum Gasteiger partial charge on any atom is 0.125 e. The zero-order chi connectivity index (χ0) is 13.1. The summed E-state index contributed by atoms with van der Waals surface area (Å²) in [5.74, 6) is 1.38. The summed E-state index contributed by atoms with van der Waals surface area (Å²) in [6.07, 6.45) is 0.0752. The molecule has 0 saturated carbocycles. The van der Waals surface area contributed by atoms with Crippen molar-refractivity contribution in [2.24, 2.45) is 0 Å². The second-order valence-electron chi connectivity index (χ2n) is 4.83. The van der Waals surface area contributed by atoms with Gasteiger partial charge in [0.05, 0.1) is 19.8 Å². The number of nitrogens with one attached hydrogen (secondary N) is 1. The van der Waals surface area contributed by atoms with Crippen molar-refractivity contribution >= 4 is 15.9 Å². The number of hydrogen-bond acceptors (Lipinski definition) is 3. The number of benzene rings is 1. The lowest BCUT2D eigenvalue weighted by atomic mass is 9.98. The lowest BCUT2D eigenvalue weighted by Crippen LogP contribution is -2.33. The van der Waals surface area contributed by atoms with Gasteiger partial charge >= 0.3 is 0 Å². The summed E-state index contributed by atoms with van der Waals surface area (Å²) in [4.78, 5) is 0. The molecule has 2 rings (SSSR count). The minimum absolute atomic E-state index is 0.0752. The molecule has 1 aliphatic rings. The predicted octanol–water partition coefficient (Wildman–Crippen LogP) is 3.24. The van der Waals surface area contributed by atoms with Gasteiger partial charge in [0.2, 0.25) is 0 Å². The van der Waals surface area contributed by atoms with E-state index in [2.05, 4.69) is 47.2 Å². The molecule has 100 valence electrons. The smallest absolute Gasteiger partial charge is 0.125 e. The molecule has 0 aromatic heterocycles. The van der Waals surface area contributed by atoms with Gasteiger partial charge in [-0.05, 0) is 23.6 Å². The van der Waals surface area contributed by atoms with Gasteiger partial charge in [-0.25, -0.2) is 0 Å². The van der Waals surface area contributed by atoms with E-state index in [9.17, 15) is 0 Å². The molecule has 1 aromatic carbocycles. The highest BCUT2D eigenvalue weighted by atomic mass is 79.9. The van der Waals surface area contributed by atoms with Crippen molar-refractivity contribution < 1.29 is 9.47 Å². The minimum atomic E-state index is 0.0752. The molecule has 0 radical (unpaired) electrons. The predicted molar refractivity (Wildman–Crippen MR) is 76.3 cm³/mol. The monoisotopic (exact) mass is 313 g/mol. The fourth-order valence-electron chi connectivity index (χ4n) is 2.22. The zero-order valence-corrected chi connectivity index (χ0v) is 12.7. The minimum Gasteiger partial charge on any atom is -0.496 e. The van der Waals surface area contributed by atoms with Crippen molar-refractivity contribution in [3.05, 3.63) is 27.7 Å². The van der Waals surface area contributed by atoms with E-state index in [0.717, 1.165) is 35.5 Å². The Hall–Kier alpha value is -0.580. The summed E-state index contributed by atoms with van der Waals surface area (Å²) in [6.45, 7) is 6.86. The summed E-state index contributed by atoms with van der Waals surface area (Å²) in [6, 6.07) is 4.24. The lowest BCUT2D eigenvalue weighted by molar-refractivity contribution is 0.0262. The summed E-state index contributed by atoms with van der Waals surface area (Å²) in [5, 5.41) is 3.35. The van der Waals surface area contributed by atoms with E-state index in [4.69, 9.17) is 9.47 Å². The van der Waals surface area contributed by atoms with Crippen LogP contribution in [0.1, 0.15) is 37.0 Å². The van der Waals surface area contributed by atoms with Gasteiger partial charge in [0.25, 0.3) is 0 Å². The van der Waals surface area contributed by atoms with E-state index in [0.29, 0.717) is 5.92 Å². The first-order valence-corrected chi connectivity index (χ1v) is 7.12. The van der Waals surface area contributed by atoms with Crippen LogP contribution in [0.2, 0.25) is 0 Å². The van der Waals surface area contributed by atoms with Crippen LogP contribution in [0.5, 0.6) is 5.75 Å². The van der Waals surface area contributed by atoms with Crippen molar-refractivity contribution in [3.8, 4) is 5.75 Å². The number of hydrogen-bond donors (Lipinski definition) is 1. The normalized spacial score (nSPS) is 20.2. The Kier molecular flexibility index (Phi) is 4.65. The van der Waals surface area contributed by atoms with E-state index in [1.807, 2.05) is 0 Å². The Morgan fingerprint density at radius 3 is 2.78 bits per heavy atom. The zero-order valence-electron chi connectivity index (χ0n) is 11.1. The fourth-order valence-corrected chi connectivity index (χ4v) is 3.04. The molecule has 18 heavy (non-hydrogen) atoms. The number of halogens is 1. The van der Waals surface area contributed by atoms with Crippen LogP contribution in [0.3, 0.4) is 0 Å². The SMILES string of the molecule is COc1cc(C(C)C)c(Br)cc1C1CNCCO1. The van der Waals surface area contributed by atoms with E-state index in [1.54, 1.807) is 7.11 Å². The molecule has 1 heterocycles. The number of methoxy groups -OCH3 is 1. The molecule has 0 amide bonds. The Balaban J connectivity index is 2.37. The molecule has 3 nitrogen and oxygen atoms in total. The third kappa shape index (κ3) is 2.87. The van der Waals surface area contributed by atoms with Crippen molar-refractivity contribution in [3.63, 3.8) is 0 Å². The Morgan fingerprint density at radius 1 is 1.44 bits per heavy atom. The van der Waals surface area contributed by atoms with E-state index >= 15 is 0 Å². The topological polar surface area (TPSA) is 30.5 Å². The largest absolute Gasteiger partial charge is 0.496 e. The molecule has 1 N–H and O–H groups in total. The van der Waals surface area contributed by atoms with Crippen LogP contribution in [0.25, 0.3) is 0 Å². The average Bonchev–Trinajstić information content (AvgIpc) is 2.39. The molecule has 1 fully saturated rings. The highest BCUT2D eigenvalue weighted by Gasteiger charge is 2.21. The van der Waals surface area contributed by atoms with Crippen molar-refractivity contribution in [2.45, 2.75) is 25.9 Å². The molecule has 1 atom stereocenters. The average molecular weight is 314 g/mol. The van der Waals surface area contributed by atoms with Gasteiger partial charge < -0.3 is 14.8 Å². The highest BCUT2D eigenvalue weighted by molar-refractivity contribution is 9.10. The van der Waals surface area contributed by atoms with Crippen LogP contribution in [-0.2, 0) is 4.74 Å². The van der Waals surface area contributed by atoms with E-state index in [1.165, 1.54) is 5.56 Å². The quantitative estimate of drug-likeness (QED) is 0.929. The van der Waals surface area contributed by atoms with E-state index < -0.39 is 0 Å². The Morgan fingerprint density at radius 2 is 2.22 bits per heavy atom. The van der Waals surface area contributed by atoms with Gasteiger partial charge in [-0.1, -0.05) is 29.8 Å². The number of rotatable bonds is 3. The van der Waals surface area contributed by atoms with E-state index in [-0.39, 0.29) is 6.10 Å². The first kappa shape index (κ1) is 13.8. The van der Waals surface area contributed by atoms with Gasteiger partial charge in [0.1, 0.15) is 5.75 Å². The number of morpholine rings is 1. The van der Waals surface area contributed by atoms with Gasteiger partial charge in [0.15, 0.2) is 0 Å². The maximum absolute atomic E-state index is 5.80. The molecule has 4 heteroatoms. The molecule has 1 saturated heterocycles. The van der Waals surface area contributed by atoms with Gasteiger partial charge in [-0.15, -0.1) is 0 Å². The van der Waals surface area contributed by atoms with Crippen molar-refractivity contribution in [2.75, 3.05) is 26.8 Å². The third-order valence-electron chi connectivity index (χ3n) is 3.25. The lowest BCUT2D eigenvalue weighted by Gasteiger charge is -2.26. The first-order valence-electron chi connectivity index (χ1n) is 6.33. The van der Waals surface area contributed by atoms with Crippen molar-refractivity contribution in [1.29, 1.82) is 0 Å². The van der Waals surface area contributed by atoms with Crippen LogP contribution < -0.4 is 10.1 Å².